The topological polar surface area (TPSA) is 20.3 Å². The molecule has 19 heavy (non-hydrogen) atoms. The van der Waals surface area contributed by atoms with Gasteiger partial charge in [0.2, 0.25) is 0 Å². The van der Waals surface area contributed by atoms with Crippen molar-refractivity contribution in [3.05, 3.63) is 28.8 Å². The summed E-state index contributed by atoms with van der Waals surface area (Å²) in [6.45, 7) is 2.10. The molecule has 1 heterocycles. The van der Waals surface area contributed by atoms with E-state index in [0.29, 0.717) is 5.02 Å². The third-order valence-electron chi connectivity index (χ3n) is 4.75. The molecule has 3 rings (SSSR count). The molecule has 0 spiro atoms. The molecule has 1 saturated heterocycles. The van der Waals surface area contributed by atoms with Crippen LogP contribution in [0.15, 0.2) is 18.2 Å². The van der Waals surface area contributed by atoms with Crippen LogP contribution in [0.5, 0.6) is 0 Å². The quantitative estimate of drug-likeness (QED) is 0.756. The van der Waals surface area contributed by atoms with Gasteiger partial charge in [0.15, 0.2) is 6.29 Å². The molecule has 1 aliphatic carbocycles. The molecule has 0 radical (unpaired) electrons. The first-order valence-corrected chi connectivity index (χ1v) is 7.66. The van der Waals surface area contributed by atoms with E-state index in [-0.39, 0.29) is 0 Å². The van der Waals surface area contributed by atoms with Crippen LogP contribution in [0.25, 0.3) is 0 Å². The molecule has 0 bridgehead atoms. The van der Waals surface area contributed by atoms with Gasteiger partial charge in [-0.25, -0.2) is 0 Å². The van der Waals surface area contributed by atoms with Crippen molar-refractivity contribution in [1.82, 2.24) is 0 Å². The molecule has 2 fully saturated rings. The fourth-order valence-electron chi connectivity index (χ4n) is 3.76. The van der Waals surface area contributed by atoms with Crippen molar-refractivity contribution in [2.75, 3.05) is 18.0 Å². The lowest BCUT2D eigenvalue weighted by atomic mass is 9.75. The van der Waals surface area contributed by atoms with Crippen molar-refractivity contribution in [3.8, 4) is 0 Å². The Balaban J connectivity index is 1.85. The number of hydrogen-bond donors (Lipinski definition) is 0. The number of halogens is 1. The van der Waals surface area contributed by atoms with Crippen LogP contribution in [0.4, 0.5) is 5.69 Å². The molecule has 2 nitrogen and oxygen atoms in total. The van der Waals surface area contributed by atoms with Crippen molar-refractivity contribution in [2.45, 2.75) is 32.1 Å². The first kappa shape index (κ1) is 13.0. The third kappa shape index (κ3) is 2.51. The third-order valence-corrected chi connectivity index (χ3v) is 5.06. The number of benzene rings is 1. The van der Waals surface area contributed by atoms with Gasteiger partial charge in [0.25, 0.3) is 0 Å². The fraction of sp³-hybridized carbons (Fsp3) is 0.562. The summed E-state index contributed by atoms with van der Waals surface area (Å²) < 4.78 is 0. The smallest absolute Gasteiger partial charge is 0.152 e. The van der Waals surface area contributed by atoms with E-state index < -0.39 is 0 Å². The van der Waals surface area contributed by atoms with E-state index in [0.717, 1.165) is 42.5 Å². The average Bonchev–Trinajstić information content (AvgIpc) is 2.46. The van der Waals surface area contributed by atoms with E-state index in [1.807, 2.05) is 18.2 Å². The predicted molar refractivity (Wildman–Crippen MR) is 79.1 cm³/mol. The molecule has 2 unspecified atom stereocenters. The summed E-state index contributed by atoms with van der Waals surface area (Å²) in [5, 5.41) is 0.707. The summed E-state index contributed by atoms with van der Waals surface area (Å²) in [5.41, 5.74) is 1.67. The van der Waals surface area contributed by atoms with E-state index in [2.05, 4.69) is 4.90 Å². The summed E-state index contributed by atoms with van der Waals surface area (Å²) in [4.78, 5) is 13.6. The van der Waals surface area contributed by atoms with E-state index in [9.17, 15) is 4.79 Å². The molecule has 0 N–H and O–H groups in total. The SMILES string of the molecule is O=Cc1cccc(Cl)c1N1CCC2CCCCC2C1. The minimum absolute atomic E-state index is 0.707. The maximum absolute atomic E-state index is 11.2. The van der Waals surface area contributed by atoms with E-state index in [1.54, 1.807) is 0 Å². The number of fused-ring (bicyclic) bond motifs is 1. The van der Waals surface area contributed by atoms with E-state index in [1.165, 1.54) is 32.1 Å². The molecule has 1 aromatic rings. The van der Waals surface area contributed by atoms with Gasteiger partial charge in [-0.15, -0.1) is 0 Å². The number of aldehydes is 1. The zero-order chi connectivity index (χ0) is 13.2. The van der Waals surface area contributed by atoms with Crippen molar-refractivity contribution >= 4 is 23.6 Å². The Morgan fingerprint density at radius 1 is 1.16 bits per heavy atom. The second kappa shape index (κ2) is 5.54. The molecule has 2 atom stereocenters. The number of anilines is 1. The van der Waals surface area contributed by atoms with Gasteiger partial charge in [-0.1, -0.05) is 36.9 Å². The highest BCUT2D eigenvalue weighted by Crippen LogP contribution is 2.39. The summed E-state index contributed by atoms with van der Waals surface area (Å²) in [7, 11) is 0. The lowest BCUT2D eigenvalue weighted by Crippen LogP contribution is -2.42. The van der Waals surface area contributed by atoms with Gasteiger partial charge in [0.05, 0.1) is 10.7 Å². The van der Waals surface area contributed by atoms with Crippen molar-refractivity contribution in [3.63, 3.8) is 0 Å². The number of piperidine rings is 1. The standard InChI is InChI=1S/C16H20ClNO/c17-15-7-3-6-14(11-19)16(15)18-9-8-12-4-1-2-5-13(12)10-18/h3,6-7,11-13H,1-2,4-5,8-10H2. The summed E-state index contributed by atoms with van der Waals surface area (Å²) in [6, 6.07) is 5.60. The van der Waals surface area contributed by atoms with Crippen molar-refractivity contribution in [1.29, 1.82) is 0 Å². The van der Waals surface area contributed by atoms with Gasteiger partial charge >= 0.3 is 0 Å². The molecular weight excluding hydrogens is 258 g/mol. The number of carbonyl (C=O) groups excluding carboxylic acids is 1. The zero-order valence-electron chi connectivity index (χ0n) is 11.1. The van der Waals surface area contributed by atoms with Crippen LogP contribution in [0.3, 0.4) is 0 Å². The Labute approximate surface area is 119 Å². The lowest BCUT2D eigenvalue weighted by Gasteiger charge is -2.42. The lowest BCUT2D eigenvalue weighted by molar-refractivity contribution is 0.112. The number of carbonyl (C=O) groups is 1. The fourth-order valence-corrected chi connectivity index (χ4v) is 4.07. The molecule has 1 aromatic carbocycles. The molecule has 0 amide bonds. The Bertz CT molecular complexity index is 474. The monoisotopic (exact) mass is 277 g/mol. The molecule has 102 valence electrons. The first-order valence-electron chi connectivity index (χ1n) is 7.28. The van der Waals surface area contributed by atoms with E-state index in [4.69, 9.17) is 11.6 Å². The Hall–Kier alpha value is -1.02. The number of para-hydroxylation sites is 1. The van der Waals surface area contributed by atoms with Gasteiger partial charge in [-0.05, 0) is 36.8 Å². The largest absolute Gasteiger partial charge is 0.369 e. The first-order chi connectivity index (χ1) is 9.29. The van der Waals surface area contributed by atoms with Crippen LogP contribution in [0.2, 0.25) is 5.02 Å². The van der Waals surface area contributed by atoms with Crippen molar-refractivity contribution in [2.24, 2.45) is 11.8 Å². The van der Waals surface area contributed by atoms with Crippen LogP contribution >= 0.6 is 11.6 Å². The number of nitrogens with zero attached hydrogens (tertiary/aromatic N) is 1. The molecule has 1 saturated carbocycles. The van der Waals surface area contributed by atoms with Crippen LogP contribution < -0.4 is 4.90 Å². The zero-order valence-corrected chi connectivity index (χ0v) is 11.9. The summed E-state index contributed by atoms with van der Waals surface area (Å²) in [5.74, 6) is 1.69. The minimum Gasteiger partial charge on any atom is -0.369 e. The summed E-state index contributed by atoms with van der Waals surface area (Å²) in [6.07, 6.45) is 7.65. The Kier molecular flexibility index (Phi) is 3.79. The predicted octanol–water partition coefficient (Wildman–Crippen LogP) is 4.17. The maximum atomic E-state index is 11.2. The number of rotatable bonds is 2. The highest BCUT2D eigenvalue weighted by molar-refractivity contribution is 6.33. The van der Waals surface area contributed by atoms with Gasteiger partial charge in [0, 0.05) is 18.7 Å². The van der Waals surface area contributed by atoms with Crippen LogP contribution in [0, 0.1) is 11.8 Å². The molecule has 0 aromatic heterocycles. The maximum Gasteiger partial charge on any atom is 0.152 e. The van der Waals surface area contributed by atoms with Crippen molar-refractivity contribution < 1.29 is 4.79 Å². The molecule has 1 aliphatic heterocycles. The molecular formula is C16H20ClNO. The molecule has 3 heteroatoms. The second-order valence-electron chi connectivity index (χ2n) is 5.83. The van der Waals surface area contributed by atoms with Gasteiger partial charge in [-0.2, -0.15) is 0 Å². The Morgan fingerprint density at radius 3 is 2.74 bits per heavy atom. The second-order valence-corrected chi connectivity index (χ2v) is 6.24. The summed E-state index contributed by atoms with van der Waals surface area (Å²) >= 11 is 6.32. The van der Waals surface area contributed by atoms with Crippen LogP contribution in [-0.4, -0.2) is 19.4 Å². The van der Waals surface area contributed by atoms with Crippen LogP contribution in [-0.2, 0) is 0 Å². The van der Waals surface area contributed by atoms with Gasteiger partial charge in [0.1, 0.15) is 0 Å². The van der Waals surface area contributed by atoms with Crippen LogP contribution in [0.1, 0.15) is 42.5 Å². The van der Waals surface area contributed by atoms with E-state index >= 15 is 0 Å². The number of hydrogen-bond acceptors (Lipinski definition) is 2. The van der Waals surface area contributed by atoms with Gasteiger partial charge < -0.3 is 4.90 Å². The highest BCUT2D eigenvalue weighted by atomic mass is 35.5. The average molecular weight is 278 g/mol. The normalized spacial score (nSPS) is 26.9. The molecule has 2 aliphatic rings. The van der Waals surface area contributed by atoms with Gasteiger partial charge in [-0.3, -0.25) is 4.79 Å². The minimum atomic E-state index is 0.707. The highest BCUT2D eigenvalue weighted by Gasteiger charge is 2.32. The Morgan fingerprint density at radius 2 is 1.95 bits per heavy atom.